The Morgan fingerprint density at radius 2 is 2.17 bits per heavy atom. The van der Waals surface area contributed by atoms with Gasteiger partial charge in [0.05, 0.1) is 26.0 Å². The summed E-state index contributed by atoms with van der Waals surface area (Å²) in [4.78, 5) is 6.77. The predicted octanol–water partition coefficient (Wildman–Crippen LogP) is 3.09. The second kappa shape index (κ2) is 7.15. The van der Waals surface area contributed by atoms with Gasteiger partial charge in [0, 0.05) is 11.6 Å². The molecular weight excluding hydrogens is 292 g/mol. The quantitative estimate of drug-likeness (QED) is 0.887. The number of ether oxygens (including phenoxy) is 1. The summed E-state index contributed by atoms with van der Waals surface area (Å²) in [7, 11) is 1.65. The number of hydrogen-bond acceptors (Lipinski definition) is 5. The summed E-state index contributed by atoms with van der Waals surface area (Å²) in [6, 6.07) is 8.18. The molecule has 23 heavy (non-hydrogen) atoms. The highest BCUT2D eigenvalue weighted by Gasteiger charge is 2.26. The van der Waals surface area contributed by atoms with E-state index in [1.54, 1.807) is 13.3 Å². The molecule has 0 saturated carbocycles. The van der Waals surface area contributed by atoms with Crippen LogP contribution in [0.5, 0.6) is 5.75 Å². The summed E-state index contributed by atoms with van der Waals surface area (Å²) >= 11 is 0. The molecule has 5 nitrogen and oxygen atoms in total. The van der Waals surface area contributed by atoms with Gasteiger partial charge in [0.25, 0.3) is 0 Å². The summed E-state index contributed by atoms with van der Waals surface area (Å²) < 4.78 is 11.1. The molecule has 2 atom stereocenters. The van der Waals surface area contributed by atoms with Crippen molar-refractivity contribution < 1.29 is 14.3 Å². The van der Waals surface area contributed by atoms with E-state index in [0.29, 0.717) is 12.6 Å². The van der Waals surface area contributed by atoms with E-state index in [0.717, 1.165) is 42.4 Å². The number of rotatable bonds is 6. The molecule has 1 fully saturated rings. The highest BCUT2D eigenvalue weighted by molar-refractivity contribution is 5.57. The fourth-order valence-electron chi connectivity index (χ4n) is 3.21. The molecule has 0 amide bonds. The standard InChI is InChI=1S/C18H24N2O3/c1-13(21)10-15-4-3-9-20(15)12-18-19-11-17(23-18)14-5-7-16(22-2)8-6-14/h5-8,11,13,15,21H,3-4,9-10,12H2,1-2H3. The van der Waals surface area contributed by atoms with Gasteiger partial charge in [-0.2, -0.15) is 0 Å². The van der Waals surface area contributed by atoms with E-state index in [4.69, 9.17) is 9.15 Å². The van der Waals surface area contributed by atoms with Crippen LogP contribution in [0.25, 0.3) is 11.3 Å². The van der Waals surface area contributed by atoms with E-state index < -0.39 is 0 Å². The highest BCUT2D eigenvalue weighted by atomic mass is 16.5. The lowest BCUT2D eigenvalue weighted by Crippen LogP contribution is -2.31. The Balaban J connectivity index is 1.66. The van der Waals surface area contributed by atoms with Crippen LogP contribution >= 0.6 is 0 Å². The van der Waals surface area contributed by atoms with Gasteiger partial charge < -0.3 is 14.3 Å². The van der Waals surface area contributed by atoms with E-state index in [1.165, 1.54) is 6.42 Å². The lowest BCUT2D eigenvalue weighted by molar-refractivity contribution is 0.126. The first-order valence-corrected chi connectivity index (χ1v) is 8.17. The van der Waals surface area contributed by atoms with E-state index in [1.807, 2.05) is 31.2 Å². The highest BCUT2D eigenvalue weighted by Crippen LogP contribution is 2.26. The minimum atomic E-state index is -0.264. The largest absolute Gasteiger partial charge is 0.497 e. The number of likely N-dealkylation sites (tertiary alicyclic amines) is 1. The van der Waals surface area contributed by atoms with Crippen LogP contribution in [0.15, 0.2) is 34.9 Å². The third kappa shape index (κ3) is 3.92. The van der Waals surface area contributed by atoms with Gasteiger partial charge in [-0.05, 0) is 57.0 Å². The molecule has 2 unspecified atom stereocenters. The molecule has 2 heterocycles. The van der Waals surface area contributed by atoms with E-state index in [-0.39, 0.29) is 6.10 Å². The van der Waals surface area contributed by atoms with Crippen molar-refractivity contribution in [2.45, 2.75) is 44.9 Å². The summed E-state index contributed by atoms with van der Waals surface area (Å²) in [5.74, 6) is 2.33. The molecular formula is C18H24N2O3. The van der Waals surface area contributed by atoms with Gasteiger partial charge in [-0.3, -0.25) is 4.90 Å². The van der Waals surface area contributed by atoms with Crippen molar-refractivity contribution in [1.82, 2.24) is 9.88 Å². The average molecular weight is 316 g/mol. The first kappa shape index (κ1) is 16.0. The molecule has 1 aliphatic rings. The lowest BCUT2D eigenvalue weighted by atomic mass is 10.1. The molecule has 0 aliphatic carbocycles. The Hall–Kier alpha value is -1.85. The number of benzene rings is 1. The van der Waals surface area contributed by atoms with Gasteiger partial charge in [0.1, 0.15) is 5.75 Å². The SMILES string of the molecule is COc1ccc(-c2cnc(CN3CCCC3CC(C)O)o2)cc1. The second-order valence-corrected chi connectivity index (χ2v) is 6.20. The van der Waals surface area contributed by atoms with Crippen LogP contribution in [0.4, 0.5) is 0 Å². The van der Waals surface area contributed by atoms with Crippen molar-refractivity contribution in [1.29, 1.82) is 0 Å². The van der Waals surface area contributed by atoms with Gasteiger partial charge in [0.2, 0.25) is 5.89 Å². The Morgan fingerprint density at radius 3 is 2.87 bits per heavy atom. The maximum absolute atomic E-state index is 9.62. The molecule has 0 spiro atoms. The molecule has 1 N–H and O–H groups in total. The first-order valence-electron chi connectivity index (χ1n) is 8.17. The Kier molecular flexibility index (Phi) is 4.98. The predicted molar refractivity (Wildman–Crippen MR) is 88.2 cm³/mol. The zero-order valence-electron chi connectivity index (χ0n) is 13.7. The number of aliphatic hydroxyl groups excluding tert-OH is 1. The minimum Gasteiger partial charge on any atom is -0.497 e. The van der Waals surface area contributed by atoms with Gasteiger partial charge in [-0.25, -0.2) is 4.98 Å². The summed E-state index contributed by atoms with van der Waals surface area (Å²) in [5.41, 5.74) is 0.992. The van der Waals surface area contributed by atoms with E-state index in [9.17, 15) is 5.11 Å². The fourth-order valence-corrected chi connectivity index (χ4v) is 3.21. The average Bonchev–Trinajstić information content (AvgIpc) is 3.18. The van der Waals surface area contributed by atoms with Crippen LogP contribution in [-0.2, 0) is 6.54 Å². The van der Waals surface area contributed by atoms with E-state index >= 15 is 0 Å². The van der Waals surface area contributed by atoms with E-state index in [2.05, 4.69) is 9.88 Å². The van der Waals surface area contributed by atoms with Gasteiger partial charge in [-0.1, -0.05) is 0 Å². The molecule has 2 aromatic rings. The molecule has 0 radical (unpaired) electrons. The molecule has 1 aromatic carbocycles. The Morgan fingerprint density at radius 1 is 1.39 bits per heavy atom. The van der Waals surface area contributed by atoms with Crippen molar-refractivity contribution >= 4 is 0 Å². The van der Waals surface area contributed by atoms with Crippen LogP contribution < -0.4 is 4.74 Å². The zero-order chi connectivity index (χ0) is 16.2. The van der Waals surface area contributed by atoms with Crippen molar-refractivity contribution in [2.75, 3.05) is 13.7 Å². The smallest absolute Gasteiger partial charge is 0.209 e. The molecule has 5 heteroatoms. The van der Waals surface area contributed by atoms with Gasteiger partial charge >= 0.3 is 0 Å². The summed E-state index contributed by atoms with van der Waals surface area (Å²) in [5, 5.41) is 9.62. The molecule has 1 aliphatic heterocycles. The monoisotopic (exact) mass is 316 g/mol. The maximum Gasteiger partial charge on any atom is 0.209 e. The van der Waals surface area contributed by atoms with Crippen molar-refractivity contribution in [3.8, 4) is 17.1 Å². The van der Waals surface area contributed by atoms with Crippen molar-refractivity contribution in [3.63, 3.8) is 0 Å². The number of hydrogen-bond donors (Lipinski definition) is 1. The number of methoxy groups -OCH3 is 1. The maximum atomic E-state index is 9.62. The fraction of sp³-hybridized carbons (Fsp3) is 0.500. The Bertz CT molecular complexity index is 621. The summed E-state index contributed by atoms with van der Waals surface area (Å²) in [6.07, 6.45) is 4.63. The number of oxazole rings is 1. The third-order valence-electron chi connectivity index (χ3n) is 4.38. The minimum absolute atomic E-state index is 0.264. The molecule has 0 bridgehead atoms. The first-order chi connectivity index (χ1) is 11.2. The second-order valence-electron chi connectivity index (χ2n) is 6.20. The third-order valence-corrected chi connectivity index (χ3v) is 4.38. The Labute approximate surface area is 136 Å². The van der Waals surface area contributed by atoms with Crippen molar-refractivity contribution in [2.24, 2.45) is 0 Å². The molecule has 3 rings (SSSR count). The van der Waals surface area contributed by atoms with Crippen LogP contribution in [0.3, 0.4) is 0 Å². The van der Waals surface area contributed by atoms with Crippen LogP contribution in [0, 0.1) is 0 Å². The summed E-state index contributed by atoms with van der Waals surface area (Å²) in [6.45, 7) is 3.59. The van der Waals surface area contributed by atoms with Crippen LogP contribution in [0.2, 0.25) is 0 Å². The number of nitrogens with zero attached hydrogens (tertiary/aromatic N) is 2. The normalized spacial score (nSPS) is 19.9. The number of aromatic nitrogens is 1. The molecule has 1 saturated heterocycles. The van der Waals surface area contributed by atoms with Gasteiger partial charge in [-0.15, -0.1) is 0 Å². The van der Waals surface area contributed by atoms with Crippen LogP contribution in [0.1, 0.15) is 32.1 Å². The lowest BCUT2D eigenvalue weighted by Gasteiger charge is -2.23. The van der Waals surface area contributed by atoms with Crippen molar-refractivity contribution in [3.05, 3.63) is 36.4 Å². The number of aliphatic hydroxyl groups is 1. The topological polar surface area (TPSA) is 58.7 Å². The van der Waals surface area contributed by atoms with Gasteiger partial charge in [0.15, 0.2) is 5.76 Å². The molecule has 124 valence electrons. The van der Waals surface area contributed by atoms with Crippen LogP contribution in [-0.4, -0.2) is 40.8 Å². The molecule has 1 aromatic heterocycles. The zero-order valence-corrected chi connectivity index (χ0v) is 13.7.